The molecule has 6 heteroatoms. The van der Waals surface area contributed by atoms with Gasteiger partial charge in [0.05, 0.1) is 0 Å². The van der Waals surface area contributed by atoms with Gasteiger partial charge in [-0.3, -0.25) is 5.43 Å². The third-order valence-corrected chi connectivity index (χ3v) is 4.39. The number of nitrogens with one attached hydrogen (secondary N) is 1. The molecular weight excluding hydrogens is 298 g/mol. The van der Waals surface area contributed by atoms with E-state index in [1.54, 1.807) is 30.5 Å². The van der Waals surface area contributed by atoms with Gasteiger partial charge in [0.2, 0.25) is 0 Å². The monoisotopic (exact) mass is 311 g/mol. The maximum atomic E-state index is 11.8. The third kappa shape index (κ3) is 2.96. The quantitative estimate of drug-likeness (QED) is 0.699. The summed E-state index contributed by atoms with van der Waals surface area (Å²) in [6.07, 6.45) is 5.20. The van der Waals surface area contributed by atoms with E-state index in [1.807, 2.05) is 36.4 Å². The number of hydrazone groups is 1. The number of hydrogen-bond acceptors (Lipinski definition) is 4. The molecule has 2 aromatic rings. The van der Waals surface area contributed by atoms with Crippen molar-refractivity contribution in [3.63, 3.8) is 0 Å². The highest BCUT2D eigenvalue weighted by Crippen LogP contribution is 2.24. The summed E-state index contributed by atoms with van der Waals surface area (Å²) in [6.45, 7) is 0. The maximum absolute atomic E-state index is 11.8. The molecule has 2 aromatic carbocycles. The van der Waals surface area contributed by atoms with Crippen molar-refractivity contribution in [3.05, 3.63) is 71.8 Å². The van der Waals surface area contributed by atoms with E-state index < -0.39 is 10.0 Å². The van der Waals surface area contributed by atoms with Crippen molar-refractivity contribution in [1.29, 1.82) is 0 Å². The molecule has 0 radical (unpaired) electrons. The average Bonchev–Trinajstić information content (AvgIpc) is 2.80. The molecule has 0 amide bonds. The lowest BCUT2D eigenvalue weighted by Gasteiger charge is -1.99. The lowest BCUT2D eigenvalue weighted by Crippen LogP contribution is -2.16. The third-order valence-electron chi connectivity index (χ3n) is 3.05. The molecule has 1 aliphatic heterocycles. The topological polar surface area (TPSA) is 70.9 Å². The molecule has 110 valence electrons. The molecule has 1 aliphatic rings. The van der Waals surface area contributed by atoms with Gasteiger partial charge in [0, 0.05) is 11.8 Å². The predicted molar refractivity (Wildman–Crippen MR) is 87.3 cm³/mol. The first-order valence-electron chi connectivity index (χ1n) is 6.62. The molecule has 0 aliphatic carbocycles. The van der Waals surface area contributed by atoms with Crippen LogP contribution in [0.25, 0.3) is 6.08 Å². The van der Waals surface area contributed by atoms with Crippen LogP contribution in [0.2, 0.25) is 0 Å². The number of hydrogen-bond donors (Lipinski definition) is 1. The van der Waals surface area contributed by atoms with E-state index in [0.29, 0.717) is 5.56 Å². The second kappa shape index (κ2) is 5.95. The van der Waals surface area contributed by atoms with Gasteiger partial charge < -0.3 is 0 Å². The van der Waals surface area contributed by atoms with Crippen LogP contribution in [0.5, 0.6) is 0 Å². The second-order valence-corrected chi connectivity index (χ2v) is 6.14. The van der Waals surface area contributed by atoms with Crippen LogP contribution in [0.1, 0.15) is 11.1 Å². The van der Waals surface area contributed by atoms with E-state index in [0.717, 1.165) is 5.56 Å². The number of nitrogens with zero attached hydrogens (tertiary/aromatic N) is 2. The van der Waals surface area contributed by atoms with Gasteiger partial charge in [0.25, 0.3) is 10.0 Å². The number of fused-ring (bicyclic) bond motifs is 1. The Morgan fingerprint density at radius 2 is 1.73 bits per heavy atom. The Labute approximate surface area is 128 Å². The number of rotatable bonds is 3. The molecule has 0 unspecified atom stereocenters. The van der Waals surface area contributed by atoms with Crippen LogP contribution in [-0.2, 0) is 10.0 Å². The Bertz CT molecular complexity index is 869. The smallest absolute Gasteiger partial charge is 0.260 e. The minimum Gasteiger partial charge on any atom is -0.260 e. The number of benzene rings is 2. The standard InChI is InChI=1S/C16H13N3O2S/c20-22(21)15-11-5-4-10-14(15)16(19-22)18-17-12-6-9-13-7-2-1-3-8-13/h1-12H,(H,18,19)/b9-6+,17-12-. The molecule has 0 spiro atoms. The zero-order valence-corrected chi connectivity index (χ0v) is 12.4. The normalized spacial score (nSPS) is 15.9. The summed E-state index contributed by atoms with van der Waals surface area (Å²) in [4.78, 5) is 0.201. The van der Waals surface area contributed by atoms with E-state index in [-0.39, 0.29) is 10.7 Å². The molecule has 1 heterocycles. The van der Waals surface area contributed by atoms with Crippen molar-refractivity contribution in [3.8, 4) is 0 Å². The molecule has 22 heavy (non-hydrogen) atoms. The van der Waals surface area contributed by atoms with E-state index >= 15 is 0 Å². The highest BCUT2D eigenvalue weighted by molar-refractivity contribution is 7.90. The van der Waals surface area contributed by atoms with Gasteiger partial charge >= 0.3 is 0 Å². The highest BCUT2D eigenvalue weighted by Gasteiger charge is 2.27. The molecule has 0 bridgehead atoms. The van der Waals surface area contributed by atoms with Crippen molar-refractivity contribution in [2.45, 2.75) is 4.90 Å². The summed E-state index contributed by atoms with van der Waals surface area (Å²) >= 11 is 0. The van der Waals surface area contributed by atoms with Crippen molar-refractivity contribution >= 4 is 28.1 Å². The zero-order valence-electron chi connectivity index (χ0n) is 11.5. The Hall–Kier alpha value is -2.73. The predicted octanol–water partition coefficient (Wildman–Crippen LogP) is 2.42. The van der Waals surface area contributed by atoms with Gasteiger partial charge in [-0.05, 0) is 23.8 Å². The Kier molecular flexibility index (Phi) is 3.84. The molecule has 5 nitrogen and oxygen atoms in total. The van der Waals surface area contributed by atoms with Crippen molar-refractivity contribution in [2.24, 2.45) is 9.50 Å². The fourth-order valence-electron chi connectivity index (χ4n) is 2.05. The van der Waals surface area contributed by atoms with Gasteiger partial charge in [-0.1, -0.05) is 48.5 Å². The van der Waals surface area contributed by atoms with Gasteiger partial charge in [0.15, 0.2) is 5.84 Å². The molecule has 0 fully saturated rings. The maximum Gasteiger partial charge on any atom is 0.285 e. The van der Waals surface area contributed by atoms with Crippen LogP contribution in [0.3, 0.4) is 0 Å². The number of amidine groups is 1. The summed E-state index contributed by atoms with van der Waals surface area (Å²) in [5.74, 6) is 0.236. The second-order valence-electron chi connectivity index (χ2n) is 4.57. The molecule has 0 atom stereocenters. The number of sulfonamides is 1. The summed E-state index contributed by atoms with van der Waals surface area (Å²) in [5, 5.41) is 3.98. The van der Waals surface area contributed by atoms with Gasteiger partial charge in [-0.25, -0.2) is 0 Å². The summed E-state index contributed by atoms with van der Waals surface area (Å²) in [7, 11) is -3.61. The van der Waals surface area contributed by atoms with E-state index in [4.69, 9.17) is 0 Å². The lowest BCUT2D eigenvalue weighted by atomic mass is 10.2. The average molecular weight is 311 g/mol. The van der Waals surface area contributed by atoms with Gasteiger partial charge in [-0.2, -0.15) is 13.5 Å². The fourth-order valence-corrected chi connectivity index (χ4v) is 3.22. The van der Waals surface area contributed by atoms with E-state index in [1.165, 1.54) is 6.07 Å². The van der Waals surface area contributed by atoms with E-state index in [2.05, 4.69) is 14.9 Å². The fraction of sp³-hybridized carbons (Fsp3) is 0. The molecule has 0 saturated carbocycles. The van der Waals surface area contributed by atoms with Crippen LogP contribution in [0.4, 0.5) is 0 Å². The van der Waals surface area contributed by atoms with Crippen LogP contribution >= 0.6 is 0 Å². The summed E-state index contributed by atoms with van der Waals surface area (Å²) < 4.78 is 27.4. The zero-order chi connectivity index (χ0) is 15.4. The summed E-state index contributed by atoms with van der Waals surface area (Å²) in [5.41, 5.74) is 4.26. The van der Waals surface area contributed by atoms with Crippen LogP contribution in [0, 0.1) is 0 Å². The minimum atomic E-state index is -3.61. The van der Waals surface area contributed by atoms with E-state index in [9.17, 15) is 8.42 Å². The van der Waals surface area contributed by atoms with Gasteiger partial charge in [-0.15, -0.1) is 4.40 Å². The van der Waals surface area contributed by atoms with Crippen LogP contribution in [-0.4, -0.2) is 20.5 Å². The molecule has 0 saturated heterocycles. The molecular formula is C16H13N3O2S. The van der Waals surface area contributed by atoms with Crippen molar-refractivity contribution in [1.82, 2.24) is 5.43 Å². The van der Waals surface area contributed by atoms with Gasteiger partial charge in [0.1, 0.15) is 4.90 Å². The minimum absolute atomic E-state index is 0.201. The Morgan fingerprint density at radius 1 is 1.00 bits per heavy atom. The Balaban J connectivity index is 1.70. The first-order valence-corrected chi connectivity index (χ1v) is 8.06. The van der Waals surface area contributed by atoms with Crippen molar-refractivity contribution in [2.75, 3.05) is 0 Å². The van der Waals surface area contributed by atoms with Crippen LogP contribution in [0.15, 0.2) is 75.1 Å². The molecule has 1 N–H and O–H groups in total. The lowest BCUT2D eigenvalue weighted by molar-refractivity contribution is 0.599. The molecule has 3 rings (SSSR count). The SMILES string of the molecule is O=S1(=O)N=C(N/N=C\C=C\c2ccccc2)c2ccccc21. The van der Waals surface area contributed by atoms with Crippen molar-refractivity contribution < 1.29 is 8.42 Å². The van der Waals surface area contributed by atoms with Crippen LogP contribution < -0.4 is 5.43 Å². The summed E-state index contributed by atoms with van der Waals surface area (Å²) in [6, 6.07) is 16.4. The first-order chi connectivity index (χ1) is 10.7. The highest BCUT2D eigenvalue weighted by atomic mass is 32.2. The molecule has 0 aromatic heterocycles. The Morgan fingerprint density at radius 3 is 2.55 bits per heavy atom. The largest absolute Gasteiger partial charge is 0.285 e. The number of allylic oxidation sites excluding steroid dienone is 1. The first kappa shape index (κ1) is 14.2.